The smallest absolute Gasteiger partial charge is 0.123 e. The summed E-state index contributed by atoms with van der Waals surface area (Å²) in [6, 6.07) is 10.7. The molecule has 22 heavy (non-hydrogen) atoms. The quantitative estimate of drug-likeness (QED) is 0.923. The predicted octanol–water partition coefficient (Wildman–Crippen LogP) is 2.67. The molecule has 0 amide bonds. The summed E-state index contributed by atoms with van der Waals surface area (Å²) in [4.78, 5) is 6.77. The summed E-state index contributed by atoms with van der Waals surface area (Å²) in [5.74, 6) is 1.06. The first kappa shape index (κ1) is 15.3. The number of hydrogen-bond acceptors (Lipinski definition) is 3. The average Bonchev–Trinajstić information content (AvgIpc) is 2.95. The topological polar surface area (TPSA) is 41.3 Å². The van der Waals surface area contributed by atoms with Crippen molar-refractivity contribution in [3.8, 4) is 0 Å². The Morgan fingerprint density at radius 2 is 2.00 bits per heavy atom. The third kappa shape index (κ3) is 3.57. The molecule has 0 unspecified atom stereocenters. The van der Waals surface area contributed by atoms with Crippen molar-refractivity contribution in [2.45, 2.75) is 50.9 Å². The van der Waals surface area contributed by atoms with Gasteiger partial charge >= 0.3 is 0 Å². The van der Waals surface area contributed by atoms with Crippen LogP contribution in [0.15, 0.2) is 42.7 Å². The first-order valence-corrected chi connectivity index (χ1v) is 8.16. The molecule has 1 heterocycles. The fraction of sp³-hybridized carbons (Fsp3) is 0.500. The van der Waals surface area contributed by atoms with Crippen LogP contribution in [0, 0.1) is 0 Å². The molecule has 1 aromatic heterocycles. The molecule has 0 spiro atoms. The number of benzene rings is 1. The molecule has 4 heteroatoms. The molecule has 4 nitrogen and oxygen atoms in total. The Kier molecular flexibility index (Phi) is 4.90. The molecule has 1 saturated carbocycles. The van der Waals surface area contributed by atoms with Gasteiger partial charge in [-0.1, -0.05) is 43.2 Å². The Balaban J connectivity index is 1.67. The van der Waals surface area contributed by atoms with Gasteiger partial charge in [-0.25, -0.2) is 4.98 Å². The minimum absolute atomic E-state index is 0.198. The van der Waals surface area contributed by atoms with E-state index in [1.807, 2.05) is 18.5 Å². The number of likely N-dealkylation sites (N-methyl/N-ethyl adjacent to an activating group) is 1. The standard InChI is InChI=1S/C18H25N3O/c1-20(16-9-5-6-10-17(16)22)14-18-19-11-12-21(18)13-15-7-3-2-4-8-15/h2-4,7-8,11-12,16-17,22H,5-6,9-10,13-14H2,1H3/t16-,17-/m1/s1. The van der Waals surface area contributed by atoms with Crippen molar-refractivity contribution in [1.82, 2.24) is 14.5 Å². The van der Waals surface area contributed by atoms with Crippen molar-refractivity contribution >= 4 is 0 Å². The van der Waals surface area contributed by atoms with Crippen molar-refractivity contribution in [2.24, 2.45) is 0 Å². The Hall–Kier alpha value is -1.65. The van der Waals surface area contributed by atoms with Gasteiger partial charge in [0.15, 0.2) is 0 Å². The minimum atomic E-state index is -0.198. The second-order valence-electron chi connectivity index (χ2n) is 6.29. The van der Waals surface area contributed by atoms with E-state index in [0.717, 1.165) is 38.2 Å². The molecule has 0 aliphatic heterocycles. The third-order valence-electron chi connectivity index (χ3n) is 4.65. The zero-order valence-electron chi connectivity index (χ0n) is 13.2. The van der Waals surface area contributed by atoms with E-state index in [0.29, 0.717) is 0 Å². The molecule has 2 atom stereocenters. The van der Waals surface area contributed by atoms with Gasteiger partial charge in [-0.05, 0) is 25.5 Å². The molecule has 1 aromatic carbocycles. The summed E-state index contributed by atoms with van der Waals surface area (Å²) in [6.45, 7) is 1.62. The van der Waals surface area contributed by atoms with Gasteiger partial charge in [0.05, 0.1) is 12.6 Å². The maximum atomic E-state index is 10.2. The van der Waals surface area contributed by atoms with E-state index in [9.17, 15) is 5.11 Å². The summed E-state index contributed by atoms with van der Waals surface area (Å²) in [5, 5.41) is 10.2. The largest absolute Gasteiger partial charge is 0.391 e. The van der Waals surface area contributed by atoms with Gasteiger partial charge in [-0.2, -0.15) is 0 Å². The molecule has 0 bridgehead atoms. The van der Waals surface area contributed by atoms with E-state index in [4.69, 9.17) is 0 Å². The minimum Gasteiger partial charge on any atom is -0.391 e. The average molecular weight is 299 g/mol. The van der Waals surface area contributed by atoms with Crippen molar-refractivity contribution < 1.29 is 5.11 Å². The Morgan fingerprint density at radius 1 is 1.23 bits per heavy atom. The van der Waals surface area contributed by atoms with Crippen LogP contribution in [-0.4, -0.2) is 38.8 Å². The first-order chi connectivity index (χ1) is 10.7. The predicted molar refractivity (Wildman–Crippen MR) is 87.5 cm³/mol. The Labute approximate surface area is 132 Å². The zero-order chi connectivity index (χ0) is 15.4. The maximum Gasteiger partial charge on any atom is 0.123 e. The molecule has 0 radical (unpaired) electrons. The van der Waals surface area contributed by atoms with Crippen LogP contribution >= 0.6 is 0 Å². The van der Waals surface area contributed by atoms with Gasteiger partial charge in [0.1, 0.15) is 5.82 Å². The highest BCUT2D eigenvalue weighted by Gasteiger charge is 2.27. The lowest BCUT2D eigenvalue weighted by atomic mass is 9.91. The van der Waals surface area contributed by atoms with Crippen molar-refractivity contribution in [3.05, 3.63) is 54.1 Å². The summed E-state index contributed by atoms with van der Waals surface area (Å²) >= 11 is 0. The number of nitrogens with zero attached hydrogens (tertiary/aromatic N) is 3. The van der Waals surface area contributed by atoms with Crippen molar-refractivity contribution in [1.29, 1.82) is 0 Å². The number of aliphatic hydroxyl groups excluding tert-OH is 1. The summed E-state index contributed by atoms with van der Waals surface area (Å²) in [5.41, 5.74) is 1.28. The molecule has 118 valence electrons. The fourth-order valence-electron chi connectivity index (χ4n) is 3.36. The second-order valence-corrected chi connectivity index (χ2v) is 6.29. The van der Waals surface area contributed by atoms with Crippen molar-refractivity contribution in [2.75, 3.05) is 7.05 Å². The van der Waals surface area contributed by atoms with Gasteiger partial charge in [-0.15, -0.1) is 0 Å². The summed E-state index contributed by atoms with van der Waals surface area (Å²) in [7, 11) is 2.10. The molecular weight excluding hydrogens is 274 g/mol. The fourth-order valence-corrected chi connectivity index (χ4v) is 3.36. The van der Waals surface area contributed by atoms with Crippen LogP contribution in [0.1, 0.15) is 37.1 Å². The monoisotopic (exact) mass is 299 g/mol. The van der Waals surface area contributed by atoms with Crippen LogP contribution in [0.25, 0.3) is 0 Å². The number of imidazole rings is 1. The van der Waals surface area contributed by atoms with E-state index in [1.54, 1.807) is 0 Å². The third-order valence-corrected chi connectivity index (χ3v) is 4.65. The Bertz CT molecular complexity index is 581. The maximum absolute atomic E-state index is 10.2. The van der Waals surface area contributed by atoms with Crippen LogP contribution in [0.5, 0.6) is 0 Å². The number of aliphatic hydroxyl groups is 1. The summed E-state index contributed by atoms with van der Waals surface area (Å²) in [6.07, 6.45) is 8.07. The van der Waals surface area contributed by atoms with Gasteiger partial charge in [-0.3, -0.25) is 4.90 Å². The molecule has 2 aromatic rings. The number of aromatic nitrogens is 2. The molecule has 1 fully saturated rings. The number of hydrogen-bond donors (Lipinski definition) is 1. The highest BCUT2D eigenvalue weighted by Crippen LogP contribution is 2.23. The van der Waals surface area contributed by atoms with Gasteiger partial charge in [0.2, 0.25) is 0 Å². The molecule has 3 rings (SSSR count). The molecule has 1 aliphatic carbocycles. The first-order valence-electron chi connectivity index (χ1n) is 8.16. The van der Waals surface area contributed by atoms with Crippen molar-refractivity contribution in [3.63, 3.8) is 0 Å². The molecule has 1 N–H and O–H groups in total. The lowest BCUT2D eigenvalue weighted by molar-refractivity contribution is 0.0274. The number of rotatable bonds is 5. The van der Waals surface area contributed by atoms with Crippen LogP contribution in [0.3, 0.4) is 0 Å². The van der Waals surface area contributed by atoms with E-state index in [2.05, 4.69) is 45.8 Å². The second kappa shape index (κ2) is 7.07. The molecule has 0 saturated heterocycles. The summed E-state index contributed by atoms with van der Waals surface area (Å²) < 4.78 is 2.20. The SMILES string of the molecule is CN(Cc1nccn1Cc1ccccc1)[C@@H]1CCCC[C@H]1O. The van der Waals surface area contributed by atoms with Gasteiger partial charge in [0.25, 0.3) is 0 Å². The normalized spacial score (nSPS) is 22.1. The van der Waals surface area contributed by atoms with E-state index in [1.165, 1.54) is 12.0 Å². The van der Waals surface area contributed by atoms with Gasteiger partial charge in [0, 0.05) is 25.0 Å². The molecule has 1 aliphatic rings. The lowest BCUT2D eigenvalue weighted by Gasteiger charge is -2.35. The van der Waals surface area contributed by atoms with E-state index >= 15 is 0 Å². The van der Waals surface area contributed by atoms with Crippen LogP contribution in [0.2, 0.25) is 0 Å². The zero-order valence-corrected chi connectivity index (χ0v) is 13.2. The highest BCUT2D eigenvalue weighted by molar-refractivity contribution is 5.15. The van der Waals surface area contributed by atoms with E-state index in [-0.39, 0.29) is 12.1 Å². The van der Waals surface area contributed by atoms with E-state index < -0.39 is 0 Å². The highest BCUT2D eigenvalue weighted by atomic mass is 16.3. The molecular formula is C18H25N3O. The van der Waals surface area contributed by atoms with Crippen LogP contribution < -0.4 is 0 Å². The van der Waals surface area contributed by atoms with Crippen LogP contribution in [0.4, 0.5) is 0 Å². The van der Waals surface area contributed by atoms with Gasteiger partial charge < -0.3 is 9.67 Å². The lowest BCUT2D eigenvalue weighted by Crippen LogP contribution is -2.43. The van der Waals surface area contributed by atoms with Crippen LogP contribution in [-0.2, 0) is 13.1 Å². The Morgan fingerprint density at radius 3 is 2.77 bits per heavy atom.